The van der Waals surface area contributed by atoms with Gasteiger partial charge in [0, 0.05) is 16.6 Å². The van der Waals surface area contributed by atoms with Gasteiger partial charge in [0.25, 0.3) is 10.0 Å². The van der Waals surface area contributed by atoms with E-state index in [4.69, 9.17) is 16.7 Å². The maximum absolute atomic E-state index is 12.3. The third-order valence-corrected chi connectivity index (χ3v) is 5.00. The molecule has 1 aromatic carbocycles. The van der Waals surface area contributed by atoms with E-state index in [-0.39, 0.29) is 26.2 Å². The molecule has 0 atom stereocenters. The molecule has 0 spiro atoms. The lowest BCUT2D eigenvalue weighted by atomic mass is 10.1. The number of halogens is 1. The molecule has 0 aliphatic carbocycles. The van der Waals surface area contributed by atoms with Crippen molar-refractivity contribution in [3.8, 4) is 0 Å². The van der Waals surface area contributed by atoms with Crippen molar-refractivity contribution in [1.29, 1.82) is 0 Å². The van der Waals surface area contributed by atoms with E-state index in [0.29, 0.717) is 0 Å². The van der Waals surface area contributed by atoms with Gasteiger partial charge in [-0.1, -0.05) is 11.6 Å². The second kappa shape index (κ2) is 5.39. The minimum atomic E-state index is -3.94. The summed E-state index contributed by atoms with van der Waals surface area (Å²) in [6, 6.07) is 2.42. The van der Waals surface area contributed by atoms with Gasteiger partial charge in [-0.05, 0) is 24.6 Å². The van der Waals surface area contributed by atoms with Crippen molar-refractivity contribution in [3.63, 3.8) is 0 Å². The van der Waals surface area contributed by atoms with Gasteiger partial charge in [0.05, 0.1) is 10.5 Å². The number of nitrogens with one attached hydrogen (secondary N) is 1. The molecule has 0 aliphatic rings. The molecular weight excluding hydrogens is 324 g/mol. The monoisotopic (exact) mass is 332 g/mol. The first-order chi connectivity index (χ1) is 9.31. The van der Waals surface area contributed by atoms with Crippen LogP contribution in [-0.2, 0) is 10.0 Å². The first-order valence-corrected chi connectivity index (χ1v) is 8.01. The van der Waals surface area contributed by atoms with Gasteiger partial charge in [-0.15, -0.1) is 11.3 Å². The lowest BCUT2D eigenvalue weighted by Gasteiger charge is -2.11. The summed E-state index contributed by atoms with van der Waals surface area (Å²) in [6.07, 6.45) is 1.45. The van der Waals surface area contributed by atoms with Gasteiger partial charge in [-0.2, -0.15) is 0 Å². The normalized spacial score (nSPS) is 11.3. The molecule has 0 amide bonds. The first-order valence-electron chi connectivity index (χ1n) is 5.27. The van der Waals surface area contributed by atoms with E-state index in [0.717, 1.165) is 11.3 Å². The van der Waals surface area contributed by atoms with Crippen molar-refractivity contribution in [2.75, 3.05) is 4.72 Å². The van der Waals surface area contributed by atoms with Crippen LogP contribution < -0.4 is 4.72 Å². The predicted octanol–water partition coefficient (Wildman–Crippen LogP) is 2.60. The number of carboxylic acid groups (broad SMARTS) is 1. The fraction of sp³-hybridized carbons (Fsp3) is 0.0909. The summed E-state index contributed by atoms with van der Waals surface area (Å²) >= 11 is 6.90. The minimum absolute atomic E-state index is 0.0347. The number of anilines is 1. The predicted molar refractivity (Wildman–Crippen MR) is 76.1 cm³/mol. The van der Waals surface area contributed by atoms with E-state index in [1.807, 2.05) is 0 Å². The summed E-state index contributed by atoms with van der Waals surface area (Å²) in [4.78, 5) is 14.7. The van der Waals surface area contributed by atoms with Crippen LogP contribution in [0.15, 0.2) is 28.6 Å². The molecule has 106 valence electrons. The Hall–Kier alpha value is -1.64. The quantitative estimate of drug-likeness (QED) is 0.897. The minimum Gasteiger partial charge on any atom is -0.478 e. The average molecular weight is 333 g/mol. The number of sulfonamides is 1. The maximum Gasteiger partial charge on any atom is 0.336 e. The topological polar surface area (TPSA) is 96.4 Å². The summed E-state index contributed by atoms with van der Waals surface area (Å²) in [5, 5.41) is 10.9. The molecule has 0 unspecified atom stereocenters. The lowest BCUT2D eigenvalue weighted by molar-refractivity contribution is 0.0696. The van der Waals surface area contributed by atoms with Crippen LogP contribution in [0.1, 0.15) is 15.9 Å². The van der Waals surface area contributed by atoms with Crippen LogP contribution in [-0.4, -0.2) is 24.5 Å². The summed E-state index contributed by atoms with van der Waals surface area (Å²) in [7, 11) is -3.94. The van der Waals surface area contributed by atoms with Gasteiger partial charge in [0.15, 0.2) is 5.13 Å². The Kier molecular flexibility index (Phi) is 3.98. The fourth-order valence-electron chi connectivity index (χ4n) is 1.60. The number of aromatic nitrogens is 1. The summed E-state index contributed by atoms with van der Waals surface area (Å²) < 4.78 is 26.8. The highest BCUT2D eigenvalue weighted by atomic mass is 35.5. The fourth-order valence-corrected chi connectivity index (χ4v) is 3.96. The van der Waals surface area contributed by atoms with Crippen molar-refractivity contribution in [3.05, 3.63) is 39.9 Å². The molecule has 2 aromatic rings. The van der Waals surface area contributed by atoms with Crippen LogP contribution >= 0.6 is 22.9 Å². The highest BCUT2D eigenvalue weighted by molar-refractivity contribution is 7.93. The standard InChI is InChI=1S/C11H9ClN2O4S2/c1-6-8(10(15)16)4-7(12)5-9(6)20(17,18)14-11-13-2-3-19-11/h2-5H,1H3,(H,13,14)(H,15,16). The van der Waals surface area contributed by atoms with Gasteiger partial charge in [-0.3, -0.25) is 4.72 Å². The first kappa shape index (κ1) is 14.8. The number of rotatable bonds is 4. The molecule has 0 aliphatic heterocycles. The SMILES string of the molecule is Cc1c(C(=O)O)cc(Cl)cc1S(=O)(=O)Nc1nccs1. The smallest absolute Gasteiger partial charge is 0.336 e. The number of hydrogen-bond donors (Lipinski definition) is 2. The van der Waals surface area contributed by atoms with Gasteiger partial charge < -0.3 is 5.11 Å². The summed E-state index contributed by atoms with van der Waals surface area (Å²) in [5.74, 6) is -1.24. The van der Waals surface area contributed by atoms with Gasteiger partial charge in [-0.25, -0.2) is 18.2 Å². The summed E-state index contributed by atoms with van der Waals surface area (Å²) in [5.41, 5.74) is -0.0389. The lowest BCUT2D eigenvalue weighted by Crippen LogP contribution is -2.16. The largest absolute Gasteiger partial charge is 0.478 e. The maximum atomic E-state index is 12.3. The molecule has 6 nitrogen and oxygen atoms in total. The number of hydrogen-bond acceptors (Lipinski definition) is 5. The third kappa shape index (κ3) is 2.92. The van der Waals surface area contributed by atoms with Gasteiger partial charge in [0.1, 0.15) is 0 Å². The molecule has 2 rings (SSSR count). The third-order valence-electron chi connectivity index (χ3n) is 2.50. The molecule has 0 saturated heterocycles. The van der Waals surface area contributed by atoms with E-state index < -0.39 is 16.0 Å². The molecule has 20 heavy (non-hydrogen) atoms. The van der Waals surface area contributed by atoms with Crippen LogP contribution in [0, 0.1) is 6.92 Å². The molecule has 1 aromatic heterocycles. The zero-order valence-corrected chi connectivity index (χ0v) is 12.5. The molecule has 0 bridgehead atoms. The van der Waals surface area contributed by atoms with E-state index >= 15 is 0 Å². The molecule has 0 fully saturated rings. The molecular formula is C11H9ClN2O4S2. The number of carboxylic acids is 1. The molecule has 2 N–H and O–H groups in total. The van der Waals surface area contributed by atoms with E-state index in [1.54, 1.807) is 5.38 Å². The highest BCUT2D eigenvalue weighted by Crippen LogP contribution is 2.26. The van der Waals surface area contributed by atoms with Crippen molar-refractivity contribution in [1.82, 2.24) is 4.98 Å². The Bertz CT molecular complexity index is 757. The van der Waals surface area contributed by atoms with Crippen LogP contribution in [0.3, 0.4) is 0 Å². The van der Waals surface area contributed by atoms with Gasteiger partial charge >= 0.3 is 5.97 Å². The van der Waals surface area contributed by atoms with Gasteiger partial charge in [0.2, 0.25) is 0 Å². The van der Waals surface area contributed by atoms with Crippen LogP contribution in [0.25, 0.3) is 0 Å². The zero-order valence-electron chi connectivity index (χ0n) is 10.1. The van der Waals surface area contributed by atoms with E-state index in [1.165, 1.54) is 25.3 Å². The van der Waals surface area contributed by atoms with Crippen LogP contribution in [0.2, 0.25) is 5.02 Å². The Morgan fingerprint density at radius 1 is 1.45 bits per heavy atom. The van der Waals surface area contributed by atoms with Crippen LogP contribution in [0.4, 0.5) is 5.13 Å². The van der Waals surface area contributed by atoms with E-state index in [9.17, 15) is 13.2 Å². The second-order valence-electron chi connectivity index (χ2n) is 3.82. The number of nitrogens with zero attached hydrogens (tertiary/aromatic N) is 1. The van der Waals surface area contributed by atoms with Crippen LogP contribution in [0.5, 0.6) is 0 Å². The van der Waals surface area contributed by atoms with Crippen molar-refractivity contribution in [2.45, 2.75) is 11.8 Å². The van der Waals surface area contributed by atoms with Crippen molar-refractivity contribution < 1.29 is 18.3 Å². The average Bonchev–Trinajstić information content (AvgIpc) is 2.83. The summed E-state index contributed by atoms with van der Waals surface area (Å²) in [6.45, 7) is 1.41. The Morgan fingerprint density at radius 3 is 2.70 bits per heavy atom. The molecule has 1 heterocycles. The molecule has 0 radical (unpaired) electrons. The Morgan fingerprint density at radius 2 is 2.15 bits per heavy atom. The number of aromatic carboxylic acids is 1. The number of carbonyl (C=O) groups is 1. The zero-order chi connectivity index (χ0) is 14.9. The Labute approximate surface area is 124 Å². The second-order valence-corrected chi connectivity index (χ2v) is 6.81. The highest BCUT2D eigenvalue weighted by Gasteiger charge is 2.23. The molecule has 0 saturated carbocycles. The Balaban J connectivity index is 2.54. The van der Waals surface area contributed by atoms with Crippen molar-refractivity contribution >= 4 is 44.1 Å². The molecule has 9 heteroatoms. The van der Waals surface area contributed by atoms with Crippen molar-refractivity contribution in [2.24, 2.45) is 0 Å². The number of benzene rings is 1. The van der Waals surface area contributed by atoms with E-state index in [2.05, 4.69) is 9.71 Å². The number of thiazole rings is 1.